The van der Waals surface area contributed by atoms with Crippen molar-refractivity contribution in [2.45, 2.75) is 0 Å². The van der Waals surface area contributed by atoms with Crippen LogP contribution in [0.1, 0.15) is 16.1 Å². The summed E-state index contributed by atoms with van der Waals surface area (Å²) in [5, 5.41) is 4.87. The minimum atomic E-state index is -0.769. The fraction of sp³-hybridized carbons (Fsp3) is 0. The van der Waals surface area contributed by atoms with Gasteiger partial charge in [0.05, 0.1) is 5.56 Å². The predicted molar refractivity (Wildman–Crippen MR) is 49.7 cm³/mol. The average Bonchev–Trinajstić information content (AvgIpc) is 2.74. The van der Waals surface area contributed by atoms with E-state index in [-0.39, 0.29) is 11.3 Å². The van der Waals surface area contributed by atoms with E-state index < -0.39 is 17.4 Å². The quantitative estimate of drug-likeness (QED) is 0.736. The summed E-state index contributed by atoms with van der Waals surface area (Å²) in [6.07, 6.45) is 0. The highest BCUT2D eigenvalue weighted by Gasteiger charge is 2.16. The van der Waals surface area contributed by atoms with Gasteiger partial charge in [0.2, 0.25) is 5.78 Å². The Kier molecular flexibility index (Phi) is 2.51. The van der Waals surface area contributed by atoms with Crippen molar-refractivity contribution in [2.24, 2.45) is 0 Å². The summed E-state index contributed by atoms with van der Waals surface area (Å²) in [6, 6.07) is 2.70. The number of carbonyl (C=O) groups is 1. The SMILES string of the molecule is O=C(c1csnn1)c1cc(F)ccc1F. The first-order chi connectivity index (χ1) is 7.18. The van der Waals surface area contributed by atoms with Gasteiger partial charge in [0.25, 0.3) is 0 Å². The van der Waals surface area contributed by atoms with E-state index in [0.29, 0.717) is 0 Å². The Hall–Kier alpha value is -1.69. The minimum absolute atomic E-state index is 0.0181. The van der Waals surface area contributed by atoms with E-state index in [0.717, 1.165) is 29.7 Å². The molecule has 6 heteroatoms. The Balaban J connectivity index is 2.46. The fourth-order valence-electron chi connectivity index (χ4n) is 1.07. The molecular formula is C9H4F2N2OS. The number of carbonyl (C=O) groups excluding carboxylic acids is 1. The predicted octanol–water partition coefficient (Wildman–Crippen LogP) is 2.05. The van der Waals surface area contributed by atoms with Gasteiger partial charge in [-0.3, -0.25) is 4.79 Å². The molecule has 1 heterocycles. The standard InChI is InChI=1S/C9H4F2N2OS/c10-5-1-2-7(11)6(3-5)9(14)8-4-15-13-12-8/h1-4H. The molecule has 0 aliphatic carbocycles. The van der Waals surface area contributed by atoms with Gasteiger partial charge in [0.15, 0.2) is 0 Å². The number of benzene rings is 1. The van der Waals surface area contributed by atoms with Gasteiger partial charge in [-0.15, -0.1) is 5.10 Å². The molecule has 0 aliphatic rings. The first-order valence-corrected chi connectivity index (χ1v) is 4.79. The first-order valence-electron chi connectivity index (χ1n) is 3.95. The molecule has 0 N–H and O–H groups in total. The van der Waals surface area contributed by atoms with Crippen molar-refractivity contribution in [2.75, 3.05) is 0 Å². The first kappa shape index (κ1) is 9.85. The number of rotatable bonds is 2. The Bertz CT molecular complexity index is 499. The van der Waals surface area contributed by atoms with Crippen LogP contribution < -0.4 is 0 Å². The third-order valence-corrected chi connectivity index (χ3v) is 2.27. The second kappa shape index (κ2) is 3.82. The maximum absolute atomic E-state index is 13.2. The van der Waals surface area contributed by atoms with Gasteiger partial charge in [-0.1, -0.05) is 4.49 Å². The van der Waals surface area contributed by atoms with E-state index in [1.165, 1.54) is 5.38 Å². The molecule has 0 fully saturated rings. The summed E-state index contributed by atoms with van der Waals surface area (Å²) in [7, 11) is 0. The summed E-state index contributed by atoms with van der Waals surface area (Å²) >= 11 is 0.974. The molecule has 0 unspecified atom stereocenters. The zero-order valence-corrected chi connectivity index (χ0v) is 8.09. The van der Waals surface area contributed by atoms with E-state index in [1.807, 2.05) is 0 Å². The van der Waals surface area contributed by atoms with Crippen LogP contribution in [0.3, 0.4) is 0 Å². The van der Waals surface area contributed by atoms with Crippen LogP contribution in [0.25, 0.3) is 0 Å². The van der Waals surface area contributed by atoms with Crippen LogP contribution in [0.15, 0.2) is 23.6 Å². The topological polar surface area (TPSA) is 42.9 Å². The highest BCUT2D eigenvalue weighted by atomic mass is 32.1. The molecule has 2 aromatic rings. The summed E-state index contributed by atoms with van der Waals surface area (Å²) in [4.78, 5) is 11.6. The highest BCUT2D eigenvalue weighted by molar-refractivity contribution is 7.03. The highest BCUT2D eigenvalue weighted by Crippen LogP contribution is 2.14. The van der Waals surface area contributed by atoms with Crippen LogP contribution in [0.4, 0.5) is 8.78 Å². The number of hydrogen-bond donors (Lipinski definition) is 0. The Morgan fingerprint density at radius 1 is 1.33 bits per heavy atom. The molecular weight excluding hydrogens is 222 g/mol. The molecule has 0 radical (unpaired) electrons. The second-order valence-electron chi connectivity index (χ2n) is 2.74. The minimum Gasteiger partial charge on any atom is -0.287 e. The molecule has 1 aromatic heterocycles. The van der Waals surface area contributed by atoms with Gasteiger partial charge in [0.1, 0.15) is 17.3 Å². The zero-order valence-electron chi connectivity index (χ0n) is 7.28. The molecule has 0 saturated heterocycles. The molecule has 3 nitrogen and oxygen atoms in total. The van der Waals surface area contributed by atoms with Gasteiger partial charge in [-0.05, 0) is 29.7 Å². The summed E-state index contributed by atoms with van der Waals surface area (Å²) in [6.45, 7) is 0. The zero-order chi connectivity index (χ0) is 10.8. The Morgan fingerprint density at radius 3 is 2.80 bits per heavy atom. The van der Waals surface area contributed by atoms with Crippen molar-refractivity contribution in [1.82, 2.24) is 9.59 Å². The maximum atomic E-state index is 13.2. The van der Waals surface area contributed by atoms with Crippen LogP contribution in [0.5, 0.6) is 0 Å². The molecule has 0 aliphatic heterocycles. The van der Waals surface area contributed by atoms with Crippen LogP contribution in [0.2, 0.25) is 0 Å². The van der Waals surface area contributed by atoms with E-state index in [1.54, 1.807) is 0 Å². The van der Waals surface area contributed by atoms with Gasteiger partial charge in [0, 0.05) is 5.38 Å². The smallest absolute Gasteiger partial charge is 0.217 e. The van der Waals surface area contributed by atoms with Crippen molar-refractivity contribution >= 4 is 17.3 Å². The molecule has 1 aromatic carbocycles. The number of aromatic nitrogens is 2. The third-order valence-electron chi connectivity index (χ3n) is 1.77. The maximum Gasteiger partial charge on any atom is 0.217 e. The van der Waals surface area contributed by atoms with Crippen LogP contribution >= 0.6 is 11.5 Å². The Morgan fingerprint density at radius 2 is 2.13 bits per heavy atom. The number of nitrogens with zero attached hydrogens (tertiary/aromatic N) is 2. The van der Waals surface area contributed by atoms with E-state index in [2.05, 4.69) is 9.59 Å². The van der Waals surface area contributed by atoms with Gasteiger partial charge in [-0.25, -0.2) is 8.78 Å². The lowest BCUT2D eigenvalue weighted by Crippen LogP contribution is -2.05. The van der Waals surface area contributed by atoms with Gasteiger partial charge in [-0.2, -0.15) is 0 Å². The lowest BCUT2D eigenvalue weighted by atomic mass is 10.1. The third kappa shape index (κ3) is 1.89. The number of ketones is 1. The van der Waals surface area contributed by atoms with E-state index in [4.69, 9.17) is 0 Å². The molecule has 15 heavy (non-hydrogen) atoms. The van der Waals surface area contributed by atoms with Crippen molar-refractivity contribution in [3.63, 3.8) is 0 Å². The van der Waals surface area contributed by atoms with Crippen molar-refractivity contribution in [1.29, 1.82) is 0 Å². The van der Waals surface area contributed by atoms with Crippen molar-refractivity contribution < 1.29 is 13.6 Å². The second-order valence-corrected chi connectivity index (χ2v) is 3.35. The number of hydrogen-bond acceptors (Lipinski definition) is 4. The van der Waals surface area contributed by atoms with Gasteiger partial charge < -0.3 is 0 Å². The van der Waals surface area contributed by atoms with E-state index in [9.17, 15) is 13.6 Å². The lowest BCUT2D eigenvalue weighted by molar-refractivity contribution is 0.103. The van der Waals surface area contributed by atoms with Gasteiger partial charge >= 0.3 is 0 Å². The summed E-state index contributed by atoms with van der Waals surface area (Å²) in [5.41, 5.74) is -0.313. The molecule has 2 rings (SSSR count). The van der Waals surface area contributed by atoms with Crippen LogP contribution in [0, 0.1) is 11.6 Å². The fourth-order valence-corrected chi connectivity index (χ4v) is 1.51. The molecule has 0 spiro atoms. The summed E-state index contributed by atoms with van der Waals surface area (Å²) < 4.78 is 29.5. The van der Waals surface area contributed by atoms with Crippen molar-refractivity contribution in [3.05, 3.63) is 46.5 Å². The molecule has 0 bridgehead atoms. The van der Waals surface area contributed by atoms with Crippen molar-refractivity contribution in [3.8, 4) is 0 Å². The van der Waals surface area contributed by atoms with E-state index >= 15 is 0 Å². The largest absolute Gasteiger partial charge is 0.287 e. The molecule has 0 saturated carbocycles. The number of halogens is 2. The molecule has 0 atom stereocenters. The van der Waals surface area contributed by atoms with Crippen LogP contribution in [-0.2, 0) is 0 Å². The average molecular weight is 226 g/mol. The summed E-state index contributed by atoms with van der Waals surface area (Å²) in [5.74, 6) is -2.10. The normalized spacial score (nSPS) is 10.3. The molecule has 76 valence electrons. The van der Waals surface area contributed by atoms with Crippen LogP contribution in [-0.4, -0.2) is 15.4 Å². The lowest BCUT2D eigenvalue weighted by Gasteiger charge is -1.98. The monoisotopic (exact) mass is 226 g/mol. The molecule has 0 amide bonds. The Labute approximate surface area is 87.5 Å².